The molecule has 2 fully saturated rings. The van der Waals surface area contributed by atoms with Crippen LogP contribution >= 0.6 is 11.3 Å². The van der Waals surface area contributed by atoms with Crippen LogP contribution in [-0.4, -0.2) is 34.2 Å². The fourth-order valence-corrected chi connectivity index (χ4v) is 5.93. The molecule has 1 N–H and O–H groups in total. The summed E-state index contributed by atoms with van der Waals surface area (Å²) in [4.78, 5) is 43.6. The van der Waals surface area contributed by atoms with Crippen molar-refractivity contribution in [3.05, 3.63) is 35.9 Å². The van der Waals surface area contributed by atoms with Gasteiger partial charge in [0.1, 0.15) is 6.54 Å². The molecule has 2 bridgehead atoms. The van der Waals surface area contributed by atoms with Gasteiger partial charge in [-0.2, -0.15) is 0 Å². The highest BCUT2D eigenvalue weighted by molar-refractivity contribution is 7.22. The second-order valence-electron chi connectivity index (χ2n) is 8.24. The Labute approximate surface area is 173 Å². The van der Waals surface area contributed by atoms with Crippen LogP contribution in [0.3, 0.4) is 0 Å². The van der Waals surface area contributed by atoms with Crippen molar-refractivity contribution < 1.29 is 14.4 Å². The number of amides is 3. The van der Waals surface area contributed by atoms with Gasteiger partial charge in [0.2, 0.25) is 17.7 Å². The van der Waals surface area contributed by atoms with Crippen molar-refractivity contribution in [1.82, 2.24) is 9.88 Å². The number of carbonyl (C=O) groups excluding carboxylic acids is 3. The van der Waals surface area contributed by atoms with Crippen LogP contribution in [0.5, 0.6) is 0 Å². The highest BCUT2D eigenvalue weighted by Gasteiger charge is 2.59. The first-order valence-corrected chi connectivity index (χ1v) is 11.1. The Balaban J connectivity index is 1.26. The largest absolute Gasteiger partial charge is 0.300 e. The van der Waals surface area contributed by atoms with E-state index in [4.69, 9.17) is 0 Å². The quantitative estimate of drug-likeness (QED) is 0.586. The molecule has 150 valence electrons. The van der Waals surface area contributed by atoms with E-state index in [1.807, 2.05) is 6.07 Å². The molecule has 7 heteroatoms. The molecule has 1 aromatic heterocycles. The van der Waals surface area contributed by atoms with Gasteiger partial charge in [0.15, 0.2) is 5.13 Å². The van der Waals surface area contributed by atoms with Gasteiger partial charge in [0, 0.05) is 0 Å². The predicted octanol–water partition coefficient (Wildman–Crippen LogP) is 3.38. The van der Waals surface area contributed by atoms with Gasteiger partial charge in [-0.05, 0) is 48.8 Å². The maximum atomic E-state index is 12.7. The van der Waals surface area contributed by atoms with Crippen LogP contribution in [0.25, 0.3) is 10.2 Å². The van der Waals surface area contributed by atoms with E-state index in [0.29, 0.717) is 5.13 Å². The molecular weight excluding hydrogens is 386 g/mol. The van der Waals surface area contributed by atoms with Crippen molar-refractivity contribution in [2.75, 3.05) is 11.9 Å². The molecular formula is C22H23N3O3S. The number of fused-ring (bicyclic) bond motifs is 6. The zero-order valence-electron chi connectivity index (χ0n) is 16.3. The van der Waals surface area contributed by atoms with Crippen LogP contribution in [0, 0.1) is 23.7 Å². The van der Waals surface area contributed by atoms with Crippen LogP contribution < -0.4 is 5.32 Å². The number of hydrogen-bond acceptors (Lipinski definition) is 5. The van der Waals surface area contributed by atoms with E-state index in [1.165, 1.54) is 16.9 Å². The number of allylic oxidation sites excluding steroid dienone is 2. The van der Waals surface area contributed by atoms with Crippen molar-refractivity contribution in [2.45, 2.75) is 32.6 Å². The molecule has 3 amide bonds. The van der Waals surface area contributed by atoms with Gasteiger partial charge < -0.3 is 5.32 Å². The van der Waals surface area contributed by atoms with Crippen molar-refractivity contribution in [1.29, 1.82) is 0 Å². The lowest BCUT2D eigenvalue weighted by Crippen LogP contribution is -2.39. The highest BCUT2D eigenvalue weighted by Crippen LogP contribution is 2.52. The Morgan fingerprint density at radius 2 is 1.93 bits per heavy atom. The van der Waals surface area contributed by atoms with Gasteiger partial charge in [-0.1, -0.05) is 42.9 Å². The zero-order valence-corrected chi connectivity index (χ0v) is 17.1. The number of aromatic nitrogens is 1. The molecule has 5 rings (SSSR count). The second kappa shape index (κ2) is 7.06. The number of carbonyl (C=O) groups is 3. The van der Waals surface area contributed by atoms with Crippen molar-refractivity contribution in [3.8, 4) is 0 Å². The maximum absolute atomic E-state index is 12.7. The number of anilines is 1. The minimum Gasteiger partial charge on any atom is -0.300 e. The third kappa shape index (κ3) is 3.08. The smallest absolute Gasteiger partial charge is 0.246 e. The summed E-state index contributed by atoms with van der Waals surface area (Å²) in [6, 6.07) is 6.17. The second-order valence-corrected chi connectivity index (χ2v) is 9.27. The summed E-state index contributed by atoms with van der Waals surface area (Å²) in [5.41, 5.74) is 2.11. The van der Waals surface area contributed by atoms with E-state index >= 15 is 0 Å². The fraction of sp³-hybridized carbons (Fsp3) is 0.455. The number of likely N-dealkylation sites (tertiary alicyclic amines) is 1. The minimum absolute atomic E-state index is 0.153. The number of imide groups is 1. The molecule has 1 aromatic carbocycles. The van der Waals surface area contributed by atoms with Gasteiger partial charge in [0.25, 0.3) is 0 Å². The average molecular weight is 410 g/mol. The summed E-state index contributed by atoms with van der Waals surface area (Å²) in [6.07, 6.45) is 8.32. The fourth-order valence-electron chi connectivity index (χ4n) is 4.98. The van der Waals surface area contributed by atoms with Gasteiger partial charge in [-0.15, -0.1) is 0 Å². The molecule has 3 aliphatic rings. The predicted molar refractivity (Wildman–Crippen MR) is 111 cm³/mol. The molecule has 2 aromatic rings. The first-order valence-electron chi connectivity index (χ1n) is 10.3. The first kappa shape index (κ1) is 18.5. The number of thiazole rings is 1. The van der Waals surface area contributed by atoms with Crippen LogP contribution in [-0.2, 0) is 20.8 Å². The minimum atomic E-state index is -0.378. The van der Waals surface area contributed by atoms with E-state index in [0.717, 1.165) is 40.8 Å². The van der Waals surface area contributed by atoms with Gasteiger partial charge in [-0.25, -0.2) is 4.98 Å². The number of nitrogens with zero attached hydrogens (tertiary/aromatic N) is 2. The van der Waals surface area contributed by atoms with Crippen molar-refractivity contribution >= 4 is 44.4 Å². The summed E-state index contributed by atoms with van der Waals surface area (Å²) >= 11 is 1.42. The molecule has 1 saturated carbocycles. The summed E-state index contributed by atoms with van der Waals surface area (Å²) in [6.45, 7) is 1.94. The SMILES string of the molecule is CCCCc1ccc2nc(NC(=O)CN3C(=O)C4C5C=CC(C5)C4C3=O)sc2c1. The number of aryl methyl sites for hydroxylation is 1. The van der Waals surface area contributed by atoms with Gasteiger partial charge in [-0.3, -0.25) is 19.3 Å². The molecule has 2 heterocycles. The Morgan fingerprint density at radius 3 is 2.62 bits per heavy atom. The Hall–Kier alpha value is -2.54. The lowest BCUT2D eigenvalue weighted by molar-refractivity contribution is -0.143. The summed E-state index contributed by atoms with van der Waals surface area (Å²) in [7, 11) is 0. The lowest BCUT2D eigenvalue weighted by atomic mass is 9.85. The van der Waals surface area contributed by atoms with E-state index in [9.17, 15) is 14.4 Å². The lowest BCUT2D eigenvalue weighted by Gasteiger charge is -2.16. The van der Waals surface area contributed by atoms with Crippen LogP contribution in [0.4, 0.5) is 5.13 Å². The topological polar surface area (TPSA) is 79.4 Å². The Morgan fingerprint density at radius 1 is 1.21 bits per heavy atom. The van der Waals surface area contributed by atoms with Gasteiger partial charge in [0.05, 0.1) is 22.1 Å². The summed E-state index contributed by atoms with van der Waals surface area (Å²) in [5, 5.41) is 3.27. The molecule has 29 heavy (non-hydrogen) atoms. The Kier molecular flexibility index (Phi) is 4.50. The number of benzene rings is 1. The molecule has 1 aliphatic heterocycles. The van der Waals surface area contributed by atoms with Crippen molar-refractivity contribution in [2.24, 2.45) is 23.7 Å². The van der Waals surface area contributed by atoms with E-state index in [2.05, 4.69) is 41.5 Å². The molecule has 0 spiro atoms. The Bertz CT molecular complexity index is 1010. The summed E-state index contributed by atoms with van der Waals surface area (Å²) < 4.78 is 1.03. The van der Waals surface area contributed by atoms with Crippen LogP contribution in [0.15, 0.2) is 30.4 Å². The maximum Gasteiger partial charge on any atom is 0.246 e. The third-order valence-electron chi connectivity index (χ3n) is 6.38. The van der Waals surface area contributed by atoms with Crippen LogP contribution in [0.2, 0.25) is 0 Å². The number of rotatable bonds is 6. The number of hydrogen-bond donors (Lipinski definition) is 1. The average Bonchev–Trinajstić information content (AvgIpc) is 3.45. The molecule has 0 radical (unpaired) electrons. The summed E-state index contributed by atoms with van der Waals surface area (Å²) in [5.74, 6) is -1.00. The van der Waals surface area contributed by atoms with Gasteiger partial charge >= 0.3 is 0 Å². The van der Waals surface area contributed by atoms with E-state index in [-0.39, 0.29) is 47.9 Å². The first-order chi connectivity index (χ1) is 14.0. The van der Waals surface area contributed by atoms with E-state index < -0.39 is 0 Å². The molecule has 2 aliphatic carbocycles. The van der Waals surface area contributed by atoms with Crippen LogP contribution in [0.1, 0.15) is 31.7 Å². The normalized spacial score (nSPS) is 27.3. The monoisotopic (exact) mass is 409 g/mol. The third-order valence-corrected chi connectivity index (χ3v) is 7.32. The number of unbranched alkanes of at least 4 members (excludes halogenated alkanes) is 1. The molecule has 6 nitrogen and oxygen atoms in total. The van der Waals surface area contributed by atoms with E-state index in [1.54, 1.807) is 0 Å². The highest BCUT2D eigenvalue weighted by atomic mass is 32.1. The molecule has 4 atom stereocenters. The molecule has 4 unspecified atom stereocenters. The number of nitrogens with one attached hydrogen (secondary N) is 1. The molecule has 1 saturated heterocycles. The van der Waals surface area contributed by atoms with Crippen molar-refractivity contribution in [3.63, 3.8) is 0 Å². The zero-order chi connectivity index (χ0) is 20.1. The standard InChI is InChI=1S/C22H23N3O3S/c1-2-3-4-12-5-8-15-16(9-12)29-22(23-15)24-17(26)11-25-20(27)18-13-6-7-14(10-13)19(18)21(25)28/h5-9,13-14,18-19H,2-4,10-11H2,1H3,(H,23,24,26).